The average Bonchev–Trinajstić information content (AvgIpc) is 3.96. The molecule has 0 bridgehead atoms. The van der Waals surface area contributed by atoms with Gasteiger partial charge in [0.05, 0.1) is 16.6 Å². The Morgan fingerprint density at radius 2 is 1.14 bits per heavy atom. The Bertz CT molecular complexity index is 3440. The van der Waals surface area contributed by atoms with Crippen molar-refractivity contribution in [1.82, 2.24) is 9.88 Å². The van der Waals surface area contributed by atoms with Gasteiger partial charge in [0.2, 0.25) is 0 Å². The first-order valence-corrected chi connectivity index (χ1v) is 19.2. The molecule has 1 aliphatic rings. The molecule has 1 N–H and O–H groups in total. The van der Waals surface area contributed by atoms with E-state index in [1.165, 1.54) is 21.8 Å². The smallest absolute Gasteiger partial charge is 0.163 e. The highest BCUT2D eigenvalue weighted by Gasteiger charge is 2.25. The van der Waals surface area contributed by atoms with E-state index in [2.05, 4.69) is 149 Å². The largest absolute Gasteiger partial charge is 0.456 e. The first-order valence-electron chi connectivity index (χ1n) is 19.2. The summed E-state index contributed by atoms with van der Waals surface area (Å²) in [6.07, 6.45) is -0.356. The summed E-state index contributed by atoms with van der Waals surface area (Å²) in [5.74, 6) is 1.34. The van der Waals surface area contributed by atoms with Gasteiger partial charge in [-0.05, 0) is 83.4 Å². The molecule has 1 aliphatic heterocycles. The van der Waals surface area contributed by atoms with Crippen molar-refractivity contribution in [3.05, 3.63) is 199 Å². The SMILES string of the molecule is c1ccc(C2N=C(c3cccc4c3oc3ccccc34)N=C(c3ccc4oc5cccc(-c6ccc7c(c6)c6ccccc6n7-c6ccccc6)c5c4c3)N2)cc1. The van der Waals surface area contributed by atoms with Crippen molar-refractivity contribution >= 4 is 77.4 Å². The summed E-state index contributed by atoms with van der Waals surface area (Å²) < 4.78 is 15.3. The molecule has 1 atom stereocenters. The molecule has 12 rings (SSSR count). The maximum Gasteiger partial charge on any atom is 0.163 e. The Kier molecular flexibility index (Phi) is 6.89. The Hall–Kier alpha value is -7.70. The fraction of sp³-hybridized carbons (Fsp3) is 0.0196. The van der Waals surface area contributed by atoms with Gasteiger partial charge in [-0.15, -0.1) is 0 Å². The lowest BCUT2D eigenvalue weighted by atomic mass is 9.97. The van der Waals surface area contributed by atoms with E-state index < -0.39 is 0 Å². The normalized spacial score (nSPS) is 14.5. The molecule has 268 valence electrons. The molecule has 0 spiro atoms. The van der Waals surface area contributed by atoms with Gasteiger partial charge in [0.15, 0.2) is 5.84 Å². The van der Waals surface area contributed by atoms with Gasteiger partial charge in [-0.25, -0.2) is 9.98 Å². The Morgan fingerprint density at radius 1 is 0.474 bits per heavy atom. The van der Waals surface area contributed by atoms with E-state index in [1.807, 2.05) is 42.5 Å². The lowest BCUT2D eigenvalue weighted by Gasteiger charge is -2.23. The van der Waals surface area contributed by atoms with Gasteiger partial charge >= 0.3 is 0 Å². The minimum atomic E-state index is -0.356. The summed E-state index contributed by atoms with van der Waals surface area (Å²) in [4.78, 5) is 10.4. The van der Waals surface area contributed by atoms with E-state index in [4.69, 9.17) is 18.8 Å². The van der Waals surface area contributed by atoms with Crippen molar-refractivity contribution in [2.45, 2.75) is 6.17 Å². The van der Waals surface area contributed by atoms with Crippen LogP contribution in [0.5, 0.6) is 0 Å². The van der Waals surface area contributed by atoms with E-state index in [-0.39, 0.29) is 6.17 Å². The van der Waals surface area contributed by atoms with Gasteiger partial charge in [-0.1, -0.05) is 115 Å². The predicted molar refractivity (Wildman–Crippen MR) is 233 cm³/mol. The van der Waals surface area contributed by atoms with Gasteiger partial charge in [0.1, 0.15) is 34.3 Å². The number of fused-ring (bicyclic) bond motifs is 9. The first kappa shape index (κ1) is 31.6. The number of amidine groups is 2. The van der Waals surface area contributed by atoms with Crippen LogP contribution in [0.1, 0.15) is 22.9 Å². The molecular weight excluding hydrogens is 701 g/mol. The van der Waals surface area contributed by atoms with Crippen LogP contribution in [0.25, 0.3) is 82.5 Å². The predicted octanol–water partition coefficient (Wildman–Crippen LogP) is 12.7. The van der Waals surface area contributed by atoms with Crippen LogP contribution in [-0.2, 0) is 0 Å². The average molecular weight is 733 g/mol. The number of benzene rings is 8. The molecule has 0 saturated carbocycles. The number of nitrogens with zero attached hydrogens (tertiary/aromatic N) is 3. The molecule has 0 fully saturated rings. The summed E-state index contributed by atoms with van der Waals surface area (Å²) in [7, 11) is 0. The highest BCUT2D eigenvalue weighted by molar-refractivity contribution is 6.21. The van der Waals surface area contributed by atoms with E-state index >= 15 is 0 Å². The van der Waals surface area contributed by atoms with Gasteiger partial charge < -0.3 is 18.7 Å². The van der Waals surface area contributed by atoms with Crippen LogP contribution in [-0.4, -0.2) is 16.2 Å². The lowest BCUT2D eigenvalue weighted by molar-refractivity contribution is 0.663. The van der Waals surface area contributed by atoms with Gasteiger partial charge in [0.25, 0.3) is 0 Å². The summed E-state index contributed by atoms with van der Waals surface area (Å²) >= 11 is 0. The first-order chi connectivity index (χ1) is 28.2. The Morgan fingerprint density at radius 3 is 2.04 bits per heavy atom. The summed E-state index contributed by atoms with van der Waals surface area (Å²) in [6.45, 7) is 0. The third-order valence-electron chi connectivity index (χ3n) is 11.3. The van der Waals surface area contributed by atoms with Crippen molar-refractivity contribution < 1.29 is 8.83 Å². The highest BCUT2D eigenvalue weighted by atomic mass is 16.3. The Labute approximate surface area is 326 Å². The third-order valence-corrected chi connectivity index (χ3v) is 11.3. The number of para-hydroxylation sites is 4. The molecule has 0 radical (unpaired) electrons. The van der Waals surface area contributed by atoms with Crippen molar-refractivity contribution in [1.29, 1.82) is 0 Å². The standard InChI is InChI=1S/C51H32N4O2/c1-3-13-31(14-4-1)49-52-50(54-51(53-49)39-21-11-20-38-37-18-8-10-23-44(37)57-48(38)39)33-26-28-45-41(30-33)47-35(19-12-24-46(47)56-45)32-25-27-43-40(29-32)36-17-7-9-22-42(36)55(43)34-15-5-2-6-16-34/h1-30,49H,(H,52,53,54). The second kappa shape index (κ2) is 12.4. The molecule has 6 heteroatoms. The zero-order valence-corrected chi connectivity index (χ0v) is 30.6. The van der Waals surface area contributed by atoms with Crippen molar-refractivity contribution in [2.24, 2.45) is 9.98 Å². The summed E-state index contributed by atoms with van der Waals surface area (Å²) in [5.41, 5.74) is 11.8. The molecule has 1 unspecified atom stereocenters. The number of furan rings is 2. The maximum atomic E-state index is 6.53. The lowest BCUT2D eigenvalue weighted by Crippen LogP contribution is -2.33. The topological polar surface area (TPSA) is 68.0 Å². The second-order valence-electron chi connectivity index (χ2n) is 14.6. The number of hydrogen-bond acceptors (Lipinski definition) is 5. The van der Waals surface area contributed by atoms with Crippen LogP contribution in [0.2, 0.25) is 0 Å². The molecular formula is C51H32N4O2. The summed E-state index contributed by atoms with van der Waals surface area (Å²) in [6, 6.07) is 63.3. The van der Waals surface area contributed by atoms with E-state index in [0.29, 0.717) is 5.84 Å². The molecule has 0 saturated heterocycles. The molecule has 0 amide bonds. The van der Waals surface area contributed by atoms with Gasteiger partial charge in [-0.2, -0.15) is 0 Å². The maximum absolute atomic E-state index is 6.53. The van der Waals surface area contributed by atoms with Crippen molar-refractivity contribution in [3.63, 3.8) is 0 Å². The zero-order chi connectivity index (χ0) is 37.5. The number of nitrogens with one attached hydrogen (secondary N) is 1. The highest BCUT2D eigenvalue weighted by Crippen LogP contribution is 2.41. The monoisotopic (exact) mass is 732 g/mol. The van der Waals surface area contributed by atoms with Crippen LogP contribution < -0.4 is 5.32 Å². The third kappa shape index (κ3) is 4.97. The minimum Gasteiger partial charge on any atom is -0.456 e. The minimum absolute atomic E-state index is 0.356. The number of aliphatic imine (C=N–C) groups is 2. The van der Waals surface area contributed by atoms with Crippen molar-refractivity contribution in [2.75, 3.05) is 0 Å². The van der Waals surface area contributed by atoms with Gasteiger partial charge in [-0.3, -0.25) is 0 Å². The van der Waals surface area contributed by atoms with Gasteiger partial charge in [0, 0.05) is 43.6 Å². The zero-order valence-electron chi connectivity index (χ0n) is 30.6. The number of aromatic nitrogens is 1. The van der Waals surface area contributed by atoms with Crippen LogP contribution in [0, 0.1) is 0 Å². The molecule has 4 heterocycles. The number of rotatable bonds is 5. The Balaban J connectivity index is 1.02. The molecule has 8 aromatic carbocycles. The second-order valence-corrected chi connectivity index (χ2v) is 14.6. The quantitative estimate of drug-likeness (QED) is 0.192. The summed E-state index contributed by atoms with van der Waals surface area (Å²) in [5, 5.41) is 10.3. The van der Waals surface area contributed by atoms with Crippen LogP contribution in [0.15, 0.2) is 201 Å². The fourth-order valence-electron chi connectivity index (χ4n) is 8.66. The van der Waals surface area contributed by atoms with Crippen LogP contribution in [0.3, 0.4) is 0 Å². The van der Waals surface area contributed by atoms with Crippen LogP contribution >= 0.6 is 0 Å². The van der Waals surface area contributed by atoms with E-state index in [9.17, 15) is 0 Å². The molecule has 57 heavy (non-hydrogen) atoms. The molecule has 3 aromatic heterocycles. The molecule has 0 aliphatic carbocycles. The van der Waals surface area contributed by atoms with Crippen molar-refractivity contribution in [3.8, 4) is 16.8 Å². The van der Waals surface area contributed by atoms with E-state index in [0.717, 1.165) is 83.2 Å². The molecule has 6 nitrogen and oxygen atoms in total. The number of hydrogen-bond donors (Lipinski definition) is 1. The fourth-order valence-corrected chi connectivity index (χ4v) is 8.66. The molecule has 11 aromatic rings. The van der Waals surface area contributed by atoms with Crippen LogP contribution in [0.4, 0.5) is 0 Å². The van der Waals surface area contributed by atoms with E-state index in [1.54, 1.807) is 0 Å².